The molecule has 1 saturated carbocycles. The van der Waals surface area contributed by atoms with Gasteiger partial charge in [0, 0.05) is 25.6 Å². The van der Waals surface area contributed by atoms with Gasteiger partial charge in [-0.05, 0) is 60.5 Å². The van der Waals surface area contributed by atoms with Crippen molar-refractivity contribution in [2.24, 2.45) is 29.1 Å². The van der Waals surface area contributed by atoms with Crippen molar-refractivity contribution in [2.45, 2.75) is 58.8 Å². The minimum absolute atomic E-state index is 0.0505. The molecule has 0 amide bonds. The van der Waals surface area contributed by atoms with E-state index in [1.807, 2.05) is 14.2 Å². The first kappa shape index (κ1) is 25.0. The van der Waals surface area contributed by atoms with Crippen LogP contribution in [0.15, 0.2) is 60.7 Å². The van der Waals surface area contributed by atoms with E-state index in [2.05, 4.69) is 81.4 Å². The topological polar surface area (TPSA) is 18.5 Å². The largest absolute Gasteiger partial charge is 0.384 e. The van der Waals surface area contributed by atoms with Crippen molar-refractivity contribution in [3.05, 3.63) is 71.8 Å². The molecule has 0 radical (unpaired) electrons. The molecule has 1 fully saturated rings. The minimum Gasteiger partial charge on any atom is -0.384 e. The summed E-state index contributed by atoms with van der Waals surface area (Å²) < 4.78 is 11.9. The molecule has 3 rings (SSSR count). The second-order valence-electron chi connectivity index (χ2n) is 10.6. The Bertz CT molecular complexity index is 724. The van der Waals surface area contributed by atoms with Gasteiger partial charge in [0.1, 0.15) is 0 Å². The third kappa shape index (κ3) is 6.02. The van der Waals surface area contributed by atoms with Crippen LogP contribution in [0.3, 0.4) is 0 Å². The zero-order chi connectivity index (χ0) is 23.0. The molecule has 1 aliphatic rings. The smallest absolute Gasteiger partial charge is 0.0543 e. The molecular formula is C30H44O2. The van der Waals surface area contributed by atoms with E-state index in [1.165, 1.54) is 30.4 Å². The zero-order valence-corrected chi connectivity index (χ0v) is 20.9. The highest BCUT2D eigenvalue weighted by atomic mass is 16.5. The average Bonchev–Trinajstić information content (AvgIpc) is 2.80. The van der Waals surface area contributed by atoms with Crippen molar-refractivity contribution >= 4 is 0 Å². The quantitative estimate of drug-likeness (QED) is 0.361. The molecule has 0 aromatic heterocycles. The van der Waals surface area contributed by atoms with Crippen molar-refractivity contribution in [1.82, 2.24) is 0 Å². The van der Waals surface area contributed by atoms with Gasteiger partial charge in [0.15, 0.2) is 0 Å². The highest BCUT2D eigenvalue weighted by Crippen LogP contribution is 2.50. The Morgan fingerprint density at radius 2 is 1.38 bits per heavy atom. The molecule has 2 aromatic rings. The number of ether oxygens (including phenoxy) is 2. The molecule has 3 unspecified atom stereocenters. The highest BCUT2D eigenvalue weighted by Gasteiger charge is 2.46. The summed E-state index contributed by atoms with van der Waals surface area (Å²) >= 11 is 0. The molecule has 3 atom stereocenters. The van der Waals surface area contributed by atoms with Crippen LogP contribution in [0.2, 0.25) is 0 Å². The van der Waals surface area contributed by atoms with E-state index in [0.29, 0.717) is 17.8 Å². The van der Waals surface area contributed by atoms with Crippen LogP contribution in [0, 0.1) is 29.1 Å². The SMILES string of the molecule is COCC(CCC(c1ccccc1)c1ccccc1)(COC)C1CC(C)CCC1C(C)C. The molecule has 2 aromatic carbocycles. The van der Waals surface area contributed by atoms with E-state index in [0.717, 1.165) is 37.9 Å². The summed E-state index contributed by atoms with van der Waals surface area (Å²) in [7, 11) is 3.74. The molecule has 0 saturated heterocycles. The lowest BCUT2D eigenvalue weighted by Crippen LogP contribution is -2.46. The minimum atomic E-state index is 0.0505. The lowest BCUT2D eigenvalue weighted by molar-refractivity contribution is -0.0811. The first-order valence-corrected chi connectivity index (χ1v) is 12.6. The van der Waals surface area contributed by atoms with Crippen molar-refractivity contribution in [3.63, 3.8) is 0 Å². The fourth-order valence-corrected chi connectivity index (χ4v) is 6.40. The van der Waals surface area contributed by atoms with Gasteiger partial charge >= 0.3 is 0 Å². The summed E-state index contributed by atoms with van der Waals surface area (Å²) in [6.45, 7) is 8.81. The fraction of sp³-hybridized carbons (Fsp3) is 0.600. The Kier molecular flexibility index (Phi) is 9.37. The summed E-state index contributed by atoms with van der Waals surface area (Å²) in [5, 5.41) is 0. The Morgan fingerprint density at radius 3 is 1.84 bits per heavy atom. The Morgan fingerprint density at radius 1 is 0.844 bits per heavy atom. The first-order valence-electron chi connectivity index (χ1n) is 12.6. The molecule has 0 spiro atoms. The van der Waals surface area contributed by atoms with Crippen LogP contribution in [0.5, 0.6) is 0 Å². The van der Waals surface area contributed by atoms with Crippen LogP contribution in [0.1, 0.15) is 69.9 Å². The maximum atomic E-state index is 5.94. The number of rotatable bonds is 11. The molecule has 2 heteroatoms. The lowest BCUT2D eigenvalue weighted by Gasteiger charge is -2.49. The summed E-state index contributed by atoms with van der Waals surface area (Å²) in [5.41, 5.74) is 2.86. The molecule has 176 valence electrons. The summed E-state index contributed by atoms with van der Waals surface area (Å²) in [6.07, 6.45) is 6.20. The Labute approximate surface area is 196 Å². The monoisotopic (exact) mass is 436 g/mol. The van der Waals surface area contributed by atoms with Crippen LogP contribution in [0.25, 0.3) is 0 Å². The van der Waals surface area contributed by atoms with E-state index in [9.17, 15) is 0 Å². The maximum absolute atomic E-state index is 5.94. The van der Waals surface area contributed by atoms with Crippen molar-refractivity contribution in [2.75, 3.05) is 27.4 Å². The van der Waals surface area contributed by atoms with Gasteiger partial charge in [-0.15, -0.1) is 0 Å². The molecule has 0 aliphatic heterocycles. The van der Waals surface area contributed by atoms with E-state index >= 15 is 0 Å². The summed E-state index contributed by atoms with van der Waals surface area (Å²) in [4.78, 5) is 0. The molecule has 0 heterocycles. The van der Waals surface area contributed by atoms with Gasteiger partial charge in [-0.2, -0.15) is 0 Å². The number of hydrogen-bond acceptors (Lipinski definition) is 2. The molecule has 2 nitrogen and oxygen atoms in total. The normalized spacial score (nSPS) is 21.9. The number of hydrogen-bond donors (Lipinski definition) is 0. The van der Waals surface area contributed by atoms with Crippen LogP contribution in [-0.2, 0) is 9.47 Å². The van der Waals surface area contributed by atoms with Crippen molar-refractivity contribution in [3.8, 4) is 0 Å². The summed E-state index contributed by atoms with van der Waals surface area (Å²) in [5.74, 6) is 3.24. The van der Waals surface area contributed by atoms with Gasteiger partial charge in [0.25, 0.3) is 0 Å². The van der Waals surface area contributed by atoms with Gasteiger partial charge in [-0.25, -0.2) is 0 Å². The molecule has 0 N–H and O–H groups in total. The molecule has 0 bridgehead atoms. The van der Waals surface area contributed by atoms with Crippen molar-refractivity contribution < 1.29 is 9.47 Å². The highest BCUT2D eigenvalue weighted by molar-refractivity contribution is 5.32. The predicted octanol–water partition coefficient (Wildman–Crippen LogP) is 7.59. The van der Waals surface area contributed by atoms with Gasteiger partial charge < -0.3 is 9.47 Å². The first-order chi connectivity index (χ1) is 15.5. The predicted molar refractivity (Wildman–Crippen MR) is 135 cm³/mol. The maximum Gasteiger partial charge on any atom is 0.0543 e. The second-order valence-corrected chi connectivity index (χ2v) is 10.6. The van der Waals surface area contributed by atoms with Crippen LogP contribution in [0.4, 0.5) is 0 Å². The number of methoxy groups -OCH3 is 2. The van der Waals surface area contributed by atoms with Crippen molar-refractivity contribution in [1.29, 1.82) is 0 Å². The fourth-order valence-electron chi connectivity index (χ4n) is 6.40. The van der Waals surface area contributed by atoms with Crippen LogP contribution >= 0.6 is 0 Å². The van der Waals surface area contributed by atoms with E-state index in [-0.39, 0.29) is 5.41 Å². The van der Waals surface area contributed by atoms with E-state index in [1.54, 1.807) is 0 Å². The summed E-state index contributed by atoms with van der Waals surface area (Å²) in [6, 6.07) is 22.0. The molecule has 32 heavy (non-hydrogen) atoms. The Hall–Kier alpha value is -1.64. The van der Waals surface area contributed by atoms with Gasteiger partial charge in [0.05, 0.1) is 13.2 Å². The average molecular weight is 437 g/mol. The van der Waals surface area contributed by atoms with Gasteiger partial charge in [-0.3, -0.25) is 0 Å². The van der Waals surface area contributed by atoms with Gasteiger partial charge in [0.2, 0.25) is 0 Å². The second kappa shape index (κ2) is 12.0. The third-order valence-electron chi connectivity index (χ3n) is 8.01. The molecular weight excluding hydrogens is 392 g/mol. The van der Waals surface area contributed by atoms with E-state index < -0.39 is 0 Å². The Balaban J connectivity index is 1.94. The van der Waals surface area contributed by atoms with E-state index in [4.69, 9.17) is 9.47 Å². The number of benzene rings is 2. The standard InChI is InChI=1S/C30H44O2/c1-23(2)27-17-16-24(3)20-29(27)30(21-31-4,22-32-5)19-18-28(25-12-8-6-9-13-25)26-14-10-7-11-15-26/h6-15,23-24,27-29H,16-22H2,1-5H3. The van der Waals surface area contributed by atoms with Gasteiger partial charge in [-0.1, -0.05) is 87.9 Å². The zero-order valence-electron chi connectivity index (χ0n) is 20.9. The molecule has 1 aliphatic carbocycles. The lowest BCUT2D eigenvalue weighted by atomic mass is 9.57. The van der Waals surface area contributed by atoms with Crippen LogP contribution in [-0.4, -0.2) is 27.4 Å². The third-order valence-corrected chi connectivity index (χ3v) is 8.01. The van der Waals surface area contributed by atoms with Crippen LogP contribution < -0.4 is 0 Å².